The summed E-state index contributed by atoms with van der Waals surface area (Å²) in [5.74, 6) is 2.59. The fourth-order valence-corrected chi connectivity index (χ4v) is 5.30. The smallest absolute Gasteiger partial charge is 0.328 e. The molecule has 0 unspecified atom stereocenters. The molecule has 0 saturated heterocycles. The van der Waals surface area contributed by atoms with Crippen molar-refractivity contribution in [2.75, 3.05) is 7.11 Å². The van der Waals surface area contributed by atoms with E-state index in [9.17, 15) is 4.79 Å². The van der Waals surface area contributed by atoms with Crippen molar-refractivity contribution in [1.82, 2.24) is 29.1 Å². The summed E-state index contributed by atoms with van der Waals surface area (Å²) in [4.78, 5) is 12.9. The van der Waals surface area contributed by atoms with Crippen LogP contribution in [0.4, 0.5) is 0 Å². The molecule has 1 fully saturated rings. The molecular weight excluding hydrogens is 444 g/mol. The number of imidazole rings is 1. The molecule has 1 aromatic carbocycles. The molecule has 0 atom stereocenters. The summed E-state index contributed by atoms with van der Waals surface area (Å²) in [5.41, 5.74) is 3.53. The van der Waals surface area contributed by atoms with E-state index in [4.69, 9.17) is 14.3 Å². The molecule has 0 spiro atoms. The van der Waals surface area contributed by atoms with E-state index in [1.807, 2.05) is 47.5 Å². The van der Waals surface area contributed by atoms with Crippen LogP contribution in [-0.2, 0) is 19.1 Å². The molecule has 3 heterocycles. The van der Waals surface area contributed by atoms with Gasteiger partial charge in [-0.2, -0.15) is 5.10 Å². The van der Waals surface area contributed by atoms with Crippen LogP contribution < -0.4 is 10.4 Å². The molecule has 0 aliphatic heterocycles. The molecule has 0 N–H and O–H groups in total. The van der Waals surface area contributed by atoms with Crippen LogP contribution in [0.1, 0.15) is 64.0 Å². The van der Waals surface area contributed by atoms with Crippen molar-refractivity contribution in [1.29, 1.82) is 0 Å². The quantitative estimate of drug-likeness (QED) is 0.415. The Balaban J connectivity index is 1.28. The first kappa shape index (κ1) is 23.4. The first-order valence-corrected chi connectivity index (χ1v) is 12.3. The molecule has 1 saturated carbocycles. The Labute approximate surface area is 204 Å². The van der Waals surface area contributed by atoms with Crippen LogP contribution in [0.15, 0.2) is 33.5 Å². The molecule has 9 nitrogen and oxygen atoms in total. The molecule has 0 radical (unpaired) electrons. The van der Waals surface area contributed by atoms with Gasteiger partial charge in [0.25, 0.3) is 5.89 Å². The van der Waals surface area contributed by atoms with Gasteiger partial charge in [-0.15, -0.1) is 10.2 Å². The second kappa shape index (κ2) is 8.70. The Bertz CT molecular complexity index is 1410. The fraction of sp³-hybridized carbons (Fsp3) is 0.538. The first-order chi connectivity index (χ1) is 16.7. The maximum atomic E-state index is 12.9. The Morgan fingerprint density at radius 1 is 1.09 bits per heavy atom. The van der Waals surface area contributed by atoms with Crippen LogP contribution in [0, 0.1) is 12.8 Å². The highest BCUT2D eigenvalue weighted by Crippen LogP contribution is 2.37. The number of hydrogen-bond donors (Lipinski definition) is 0. The predicted molar refractivity (Wildman–Crippen MR) is 134 cm³/mol. The van der Waals surface area contributed by atoms with Crippen LogP contribution in [0.3, 0.4) is 0 Å². The maximum Gasteiger partial charge on any atom is 0.328 e. The zero-order valence-electron chi connectivity index (χ0n) is 21.4. The summed E-state index contributed by atoms with van der Waals surface area (Å²) in [6.45, 7) is 9.11. The minimum atomic E-state index is -0.110. The van der Waals surface area contributed by atoms with Crippen molar-refractivity contribution in [2.24, 2.45) is 13.0 Å². The van der Waals surface area contributed by atoms with Gasteiger partial charge in [-0.3, -0.25) is 13.8 Å². The van der Waals surface area contributed by atoms with Gasteiger partial charge in [-0.1, -0.05) is 0 Å². The molecule has 3 aromatic heterocycles. The van der Waals surface area contributed by atoms with Crippen LogP contribution in [0.2, 0.25) is 0 Å². The van der Waals surface area contributed by atoms with E-state index in [0.29, 0.717) is 24.2 Å². The summed E-state index contributed by atoms with van der Waals surface area (Å²) in [6.07, 6.45) is 3.94. The van der Waals surface area contributed by atoms with Crippen molar-refractivity contribution < 1.29 is 9.15 Å². The highest BCUT2D eigenvalue weighted by atomic mass is 16.5. The maximum absolute atomic E-state index is 12.9. The van der Waals surface area contributed by atoms with E-state index in [1.165, 1.54) is 0 Å². The topological polar surface area (TPSA) is 92.9 Å². The molecule has 5 rings (SSSR count). The van der Waals surface area contributed by atoms with Crippen LogP contribution in [0.25, 0.3) is 22.6 Å². The standard InChI is InChI=1S/C26H34N6O3/c1-16-13-20(29-32(16)26(2,3)4)24-28-27-23(35-24)18-9-7-17(8-10-18)15-31-22-14-19(34-6)11-12-21(22)30(5)25(31)33/h11-14,17-18H,7-10,15H2,1-6H3. The number of hydrogen-bond acceptors (Lipinski definition) is 6. The lowest BCUT2D eigenvalue weighted by Gasteiger charge is -2.26. The van der Waals surface area contributed by atoms with Crippen LogP contribution in [-0.4, -0.2) is 36.2 Å². The van der Waals surface area contributed by atoms with Gasteiger partial charge in [0.05, 0.1) is 23.7 Å². The third-order valence-electron chi connectivity index (χ3n) is 7.17. The van der Waals surface area contributed by atoms with Gasteiger partial charge in [0.1, 0.15) is 11.4 Å². The van der Waals surface area contributed by atoms with Crippen molar-refractivity contribution in [3.63, 3.8) is 0 Å². The number of methoxy groups -OCH3 is 1. The van der Waals surface area contributed by atoms with E-state index < -0.39 is 0 Å². The highest BCUT2D eigenvalue weighted by Gasteiger charge is 2.28. The minimum absolute atomic E-state index is 0.0157. The number of rotatable bonds is 5. The van der Waals surface area contributed by atoms with Gasteiger partial charge in [0.2, 0.25) is 5.89 Å². The summed E-state index contributed by atoms with van der Waals surface area (Å²) in [7, 11) is 3.47. The number of aromatic nitrogens is 6. The van der Waals surface area contributed by atoms with E-state index in [1.54, 1.807) is 11.7 Å². The molecule has 1 aliphatic carbocycles. The number of benzene rings is 1. The van der Waals surface area contributed by atoms with Gasteiger partial charge in [-0.05, 0) is 77.5 Å². The average molecular weight is 479 g/mol. The number of aryl methyl sites for hydroxylation is 2. The van der Waals surface area contributed by atoms with Gasteiger partial charge in [0.15, 0.2) is 0 Å². The van der Waals surface area contributed by atoms with Crippen molar-refractivity contribution >= 4 is 11.0 Å². The Morgan fingerprint density at radius 3 is 2.49 bits per heavy atom. The van der Waals surface area contributed by atoms with Crippen molar-refractivity contribution in [3.8, 4) is 17.3 Å². The van der Waals surface area contributed by atoms with Crippen molar-refractivity contribution in [3.05, 3.63) is 46.3 Å². The molecular formula is C26H34N6O3. The van der Waals surface area contributed by atoms with Crippen LogP contribution in [0.5, 0.6) is 5.75 Å². The summed E-state index contributed by atoms with van der Waals surface area (Å²) >= 11 is 0. The SMILES string of the molecule is COc1ccc2c(c1)n(CC1CCC(c3nnc(-c4cc(C)n(C(C)(C)C)n4)o3)CC1)c(=O)n2C. The van der Waals surface area contributed by atoms with Gasteiger partial charge < -0.3 is 9.15 Å². The third kappa shape index (κ3) is 4.28. The normalized spacial score (nSPS) is 18.9. The van der Waals surface area contributed by atoms with Crippen molar-refractivity contribution in [2.45, 2.75) is 71.4 Å². The lowest BCUT2D eigenvalue weighted by Crippen LogP contribution is -2.27. The molecule has 0 amide bonds. The van der Waals surface area contributed by atoms with Crippen LogP contribution >= 0.6 is 0 Å². The van der Waals surface area contributed by atoms with Gasteiger partial charge >= 0.3 is 5.69 Å². The Kier molecular flexibility index (Phi) is 5.81. The monoisotopic (exact) mass is 478 g/mol. The van der Waals surface area contributed by atoms with E-state index in [2.05, 4.69) is 31.0 Å². The third-order valence-corrected chi connectivity index (χ3v) is 7.17. The summed E-state index contributed by atoms with van der Waals surface area (Å²) < 4.78 is 17.1. The minimum Gasteiger partial charge on any atom is -0.497 e. The summed E-state index contributed by atoms with van der Waals surface area (Å²) in [6, 6.07) is 7.79. The second-order valence-corrected chi connectivity index (χ2v) is 10.7. The van der Waals surface area contributed by atoms with E-state index >= 15 is 0 Å². The molecule has 35 heavy (non-hydrogen) atoms. The molecule has 4 aromatic rings. The highest BCUT2D eigenvalue weighted by molar-refractivity contribution is 5.77. The predicted octanol–water partition coefficient (Wildman–Crippen LogP) is 4.63. The molecule has 186 valence electrons. The Morgan fingerprint density at radius 2 is 1.83 bits per heavy atom. The first-order valence-electron chi connectivity index (χ1n) is 12.3. The molecule has 0 bridgehead atoms. The largest absolute Gasteiger partial charge is 0.497 e. The fourth-order valence-electron chi connectivity index (χ4n) is 5.30. The summed E-state index contributed by atoms with van der Waals surface area (Å²) in [5, 5.41) is 13.4. The molecule has 1 aliphatic rings. The number of nitrogens with zero attached hydrogens (tertiary/aromatic N) is 6. The average Bonchev–Trinajstić information content (AvgIpc) is 3.53. The number of fused-ring (bicyclic) bond motifs is 1. The van der Waals surface area contributed by atoms with E-state index in [0.717, 1.165) is 53.9 Å². The lowest BCUT2D eigenvalue weighted by molar-refractivity contribution is 0.270. The Hall–Kier alpha value is -3.36. The van der Waals surface area contributed by atoms with Gasteiger partial charge in [-0.25, -0.2) is 4.79 Å². The molecule has 9 heteroatoms. The lowest BCUT2D eigenvalue weighted by atomic mass is 9.82. The van der Waals surface area contributed by atoms with E-state index in [-0.39, 0.29) is 17.1 Å². The number of ether oxygens (including phenoxy) is 1. The zero-order chi connectivity index (χ0) is 24.9. The zero-order valence-corrected chi connectivity index (χ0v) is 21.4. The second-order valence-electron chi connectivity index (χ2n) is 10.7. The van der Waals surface area contributed by atoms with Gasteiger partial charge in [0, 0.05) is 31.3 Å².